The zero-order chi connectivity index (χ0) is 44.5. The van der Waals surface area contributed by atoms with Gasteiger partial charge in [0, 0.05) is 37.7 Å². The lowest BCUT2D eigenvalue weighted by Crippen LogP contribution is -2.70. The molecule has 4 aliphatic rings. The number of hydrogen-bond donors (Lipinski definition) is 2. The standard InChI is InChI=1S/C52H60N2O10/c1-4-28-61-52-48(54(51(57)58-5-2)33-35-18-24-46-47(29-35)60-34-59-46)32-44(53-62-6-3)42-30-38(16-10-12-26-55)41(17-11-13-27-56)49(50(42)52)43-31-40(23-25-45(43)64-52)63-39-21-19-37(20-22-39)36-14-8-7-9-15-36/h4,7-9,14-15,18-25,29-31,38,41,48-50,55-56H,1,5-6,10-13,16-17,26-28,32-34H2,2-3H3. The number of carbonyl (C=O) groups excluding carboxylic acids is 1. The van der Waals surface area contributed by atoms with Crippen molar-refractivity contribution in [1.29, 1.82) is 0 Å². The zero-order valence-electron chi connectivity index (χ0n) is 36.9. The van der Waals surface area contributed by atoms with Crippen molar-refractivity contribution in [2.24, 2.45) is 22.9 Å². The van der Waals surface area contributed by atoms with E-state index in [0.717, 1.165) is 53.5 Å². The number of aliphatic hydroxyl groups excluding tert-OH is 2. The van der Waals surface area contributed by atoms with E-state index in [1.54, 1.807) is 17.9 Å². The van der Waals surface area contributed by atoms with Crippen molar-refractivity contribution in [3.05, 3.63) is 126 Å². The van der Waals surface area contributed by atoms with Crippen molar-refractivity contribution in [2.75, 3.05) is 39.8 Å². The van der Waals surface area contributed by atoms with E-state index < -0.39 is 23.8 Å². The molecule has 8 rings (SSSR count). The van der Waals surface area contributed by atoms with Crippen molar-refractivity contribution in [2.45, 2.75) is 83.1 Å². The fourth-order valence-electron chi connectivity index (χ4n) is 10.1. The SMILES string of the molecule is C=CCOC12Oc3ccc(Oc4ccc(-c5ccccc5)cc4)cc3C3C(CCCCO)C(CCCCO)C=C(C(=NOCC)CC1N(Cc1ccc4c(c1)OCO4)C(=O)OCC)C32. The van der Waals surface area contributed by atoms with Crippen LogP contribution in [-0.2, 0) is 20.9 Å². The van der Waals surface area contributed by atoms with Gasteiger partial charge in [0.15, 0.2) is 11.5 Å². The smallest absolute Gasteiger partial charge is 0.410 e. The van der Waals surface area contributed by atoms with E-state index in [9.17, 15) is 15.0 Å². The minimum atomic E-state index is -1.45. The third-order valence-electron chi connectivity index (χ3n) is 12.8. The summed E-state index contributed by atoms with van der Waals surface area (Å²) in [7, 11) is 0. The molecule has 4 aromatic rings. The molecule has 0 bridgehead atoms. The summed E-state index contributed by atoms with van der Waals surface area (Å²) in [5, 5.41) is 24.7. The molecule has 12 heteroatoms. The Bertz CT molecular complexity index is 2280. The molecule has 0 saturated heterocycles. The lowest BCUT2D eigenvalue weighted by molar-refractivity contribution is -0.256. The van der Waals surface area contributed by atoms with Crippen LogP contribution < -0.4 is 18.9 Å². The molecule has 0 spiro atoms. The van der Waals surface area contributed by atoms with Crippen LogP contribution in [0.2, 0.25) is 0 Å². The maximum Gasteiger partial charge on any atom is 0.410 e. The van der Waals surface area contributed by atoms with Crippen LogP contribution in [0.3, 0.4) is 0 Å². The molecule has 338 valence electrons. The second-order valence-electron chi connectivity index (χ2n) is 16.7. The van der Waals surface area contributed by atoms with Crippen molar-refractivity contribution >= 4 is 11.8 Å². The molecule has 0 aromatic heterocycles. The maximum atomic E-state index is 14.5. The first-order valence-electron chi connectivity index (χ1n) is 22.8. The van der Waals surface area contributed by atoms with Crippen molar-refractivity contribution in [3.8, 4) is 39.9 Å². The van der Waals surface area contributed by atoms with Gasteiger partial charge in [-0.2, -0.15) is 0 Å². The highest BCUT2D eigenvalue weighted by Crippen LogP contribution is 2.62. The van der Waals surface area contributed by atoms with Crippen LogP contribution in [0.4, 0.5) is 4.79 Å². The Kier molecular flexibility index (Phi) is 14.5. The average Bonchev–Trinajstić information content (AvgIpc) is 3.79. The number of hydrogen-bond acceptors (Lipinski definition) is 11. The van der Waals surface area contributed by atoms with Gasteiger partial charge in [0.05, 0.1) is 24.8 Å². The molecule has 2 aliphatic carbocycles. The maximum absolute atomic E-state index is 14.5. The second-order valence-corrected chi connectivity index (χ2v) is 16.7. The molecule has 1 amide bonds. The van der Waals surface area contributed by atoms with Gasteiger partial charge in [0.1, 0.15) is 29.9 Å². The fourth-order valence-corrected chi connectivity index (χ4v) is 10.1. The Labute approximate surface area is 376 Å². The lowest BCUT2D eigenvalue weighted by Gasteiger charge is -2.59. The first-order valence-corrected chi connectivity index (χ1v) is 22.8. The predicted molar refractivity (Wildman–Crippen MR) is 244 cm³/mol. The number of ether oxygens (including phenoxy) is 6. The zero-order valence-corrected chi connectivity index (χ0v) is 36.9. The molecule has 0 radical (unpaired) electrons. The third kappa shape index (κ3) is 9.36. The van der Waals surface area contributed by atoms with Crippen LogP contribution in [0.15, 0.2) is 120 Å². The number of fused-ring (bicyclic) bond motifs is 3. The Hall–Kier alpha value is -5.82. The Morgan fingerprint density at radius 3 is 2.34 bits per heavy atom. The van der Waals surface area contributed by atoms with Gasteiger partial charge in [-0.3, -0.25) is 4.90 Å². The lowest BCUT2D eigenvalue weighted by atomic mass is 9.55. The van der Waals surface area contributed by atoms with E-state index in [1.807, 2.05) is 67.6 Å². The first-order chi connectivity index (χ1) is 31.4. The van der Waals surface area contributed by atoms with Crippen LogP contribution in [0.25, 0.3) is 11.1 Å². The summed E-state index contributed by atoms with van der Waals surface area (Å²) in [6, 6.07) is 29.2. The highest BCUT2D eigenvalue weighted by Gasteiger charge is 2.65. The molecule has 2 heterocycles. The number of allylic oxidation sites excluding steroid dienone is 1. The van der Waals surface area contributed by atoms with Crippen LogP contribution in [0.1, 0.15) is 75.8 Å². The topological polar surface area (TPSA) is 138 Å². The number of carbonyl (C=O) groups is 1. The summed E-state index contributed by atoms with van der Waals surface area (Å²) in [5.74, 6) is 1.19. The molecule has 64 heavy (non-hydrogen) atoms. The van der Waals surface area contributed by atoms with Crippen LogP contribution in [-0.4, -0.2) is 78.6 Å². The molecule has 1 fully saturated rings. The normalized spacial score (nSPS) is 23.3. The monoisotopic (exact) mass is 872 g/mol. The van der Waals surface area contributed by atoms with Gasteiger partial charge >= 0.3 is 6.09 Å². The first kappa shape index (κ1) is 44.8. The van der Waals surface area contributed by atoms with Crippen molar-refractivity contribution in [1.82, 2.24) is 4.90 Å². The number of benzene rings is 4. The summed E-state index contributed by atoms with van der Waals surface area (Å²) in [5.41, 5.74) is 5.64. The molecule has 6 unspecified atom stereocenters. The van der Waals surface area contributed by atoms with E-state index >= 15 is 0 Å². The summed E-state index contributed by atoms with van der Waals surface area (Å²) in [4.78, 5) is 22.1. The van der Waals surface area contributed by atoms with Crippen LogP contribution >= 0.6 is 0 Å². The van der Waals surface area contributed by atoms with Crippen molar-refractivity contribution < 1.29 is 48.3 Å². The summed E-state index contributed by atoms with van der Waals surface area (Å²) < 4.78 is 38.3. The van der Waals surface area contributed by atoms with E-state index in [1.165, 1.54) is 0 Å². The Morgan fingerprint density at radius 2 is 1.59 bits per heavy atom. The summed E-state index contributed by atoms with van der Waals surface area (Å²) in [6.07, 6.45) is 8.36. The van der Waals surface area contributed by atoms with Crippen LogP contribution in [0, 0.1) is 17.8 Å². The molecule has 2 aliphatic heterocycles. The highest BCUT2D eigenvalue weighted by atomic mass is 16.7. The van der Waals surface area contributed by atoms with Crippen LogP contribution in [0.5, 0.6) is 28.7 Å². The van der Waals surface area contributed by atoms with Gasteiger partial charge in [-0.1, -0.05) is 78.7 Å². The van der Waals surface area contributed by atoms with Crippen molar-refractivity contribution in [3.63, 3.8) is 0 Å². The average molecular weight is 873 g/mol. The second kappa shape index (κ2) is 20.8. The Morgan fingerprint density at radius 1 is 0.859 bits per heavy atom. The number of nitrogens with zero attached hydrogens (tertiary/aromatic N) is 2. The van der Waals surface area contributed by atoms with Gasteiger partial charge in [-0.25, -0.2) is 4.79 Å². The number of amides is 1. The number of aliphatic hydroxyl groups is 2. The van der Waals surface area contributed by atoms with Gasteiger partial charge in [-0.15, -0.1) is 6.58 Å². The summed E-state index contributed by atoms with van der Waals surface area (Å²) in [6.45, 7) is 8.85. The van der Waals surface area contributed by atoms with Gasteiger partial charge in [-0.05, 0) is 116 Å². The number of oxime groups is 1. The summed E-state index contributed by atoms with van der Waals surface area (Å²) >= 11 is 0. The highest BCUT2D eigenvalue weighted by molar-refractivity contribution is 6.03. The minimum absolute atomic E-state index is 0.0470. The quantitative estimate of drug-likeness (QED) is 0.0502. The van der Waals surface area contributed by atoms with Gasteiger partial charge in [0.2, 0.25) is 12.6 Å². The predicted octanol–water partition coefficient (Wildman–Crippen LogP) is 10.2. The molecule has 4 aromatic carbocycles. The molecule has 12 nitrogen and oxygen atoms in total. The fraction of sp³-hybridized carbons (Fsp3) is 0.423. The molecule has 1 saturated carbocycles. The third-order valence-corrected chi connectivity index (χ3v) is 12.8. The number of rotatable bonds is 20. The molecular weight excluding hydrogens is 813 g/mol. The molecule has 2 N–H and O–H groups in total. The van der Waals surface area contributed by atoms with E-state index in [0.29, 0.717) is 53.9 Å². The largest absolute Gasteiger partial charge is 0.459 e. The molecule has 6 atom stereocenters. The Balaban J connectivity index is 1.29. The molecular formula is C52H60N2O10. The minimum Gasteiger partial charge on any atom is -0.459 e. The van der Waals surface area contributed by atoms with E-state index in [2.05, 4.69) is 43.0 Å². The van der Waals surface area contributed by atoms with Gasteiger partial charge in [0.25, 0.3) is 0 Å². The van der Waals surface area contributed by atoms with E-state index in [4.69, 9.17) is 38.4 Å². The van der Waals surface area contributed by atoms with E-state index in [-0.39, 0.29) is 63.9 Å². The number of unbranched alkanes of at least 4 members (excludes halogenated alkanes) is 2. The van der Waals surface area contributed by atoms with Gasteiger partial charge < -0.3 is 43.5 Å².